The van der Waals surface area contributed by atoms with E-state index in [1.54, 1.807) is 0 Å². The molecular formula is C19H32O4S. The molecule has 5 heteroatoms. The summed E-state index contributed by atoms with van der Waals surface area (Å²) in [5, 5.41) is 0. The Hall–Kier alpha value is -1.07. The first kappa shape index (κ1) is 21.0. The molecule has 24 heavy (non-hydrogen) atoms. The summed E-state index contributed by atoms with van der Waals surface area (Å²) in [6.45, 7) is 4.70. The summed E-state index contributed by atoms with van der Waals surface area (Å²) in [6.07, 6.45) is 9.62. The van der Waals surface area contributed by atoms with Gasteiger partial charge in [0.15, 0.2) is 0 Å². The van der Waals surface area contributed by atoms with Crippen LogP contribution in [0.25, 0.3) is 0 Å². The average Bonchev–Trinajstić information content (AvgIpc) is 2.51. The van der Waals surface area contributed by atoms with Gasteiger partial charge in [0.25, 0.3) is 10.1 Å². The van der Waals surface area contributed by atoms with E-state index in [9.17, 15) is 8.42 Å². The first-order chi connectivity index (χ1) is 11.4. The molecule has 0 heterocycles. The van der Waals surface area contributed by atoms with E-state index in [4.69, 9.17) is 9.29 Å². The summed E-state index contributed by atoms with van der Waals surface area (Å²) in [6, 6.07) is 6.40. The molecule has 4 nitrogen and oxygen atoms in total. The third-order valence-electron chi connectivity index (χ3n) is 3.98. The largest absolute Gasteiger partial charge is 0.494 e. The first-order valence-corrected chi connectivity index (χ1v) is 10.8. The van der Waals surface area contributed by atoms with Gasteiger partial charge < -0.3 is 4.74 Å². The number of hydrogen-bond acceptors (Lipinski definition) is 3. The van der Waals surface area contributed by atoms with Crippen molar-refractivity contribution in [1.82, 2.24) is 0 Å². The van der Waals surface area contributed by atoms with Crippen molar-refractivity contribution in [1.29, 1.82) is 0 Å². The SMILES string of the molecule is CCCCCc1cc(CCCCC)cc(OCCCS(=O)(=O)O)c1. The van der Waals surface area contributed by atoms with Crippen LogP contribution in [0.3, 0.4) is 0 Å². The second kappa shape index (κ2) is 11.5. The lowest BCUT2D eigenvalue weighted by molar-refractivity contribution is 0.315. The van der Waals surface area contributed by atoms with Gasteiger partial charge in [0.05, 0.1) is 12.4 Å². The predicted molar refractivity (Wildman–Crippen MR) is 99.4 cm³/mol. The van der Waals surface area contributed by atoms with E-state index < -0.39 is 10.1 Å². The smallest absolute Gasteiger partial charge is 0.264 e. The van der Waals surface area contributed by atoms with Gasteiger partial charge in [-0.15, -0.1) is 0 Å². The highest BCUT2D eigenvalue weighted by atomic mass is 32.2. The Labute approximate surface area is 147 Å². The number of rotatable bonds is 13. The normalized spacial score (nSPS) is 11.6. The van der Waals surface area contributed by atoms with Crippen LogP contribution in [-0.4, -0.2) is 25.3 Å². The Morgan fingerprint density at radius 3 is 1.88 bits per heavy atom. The van der Waals surface area contributed by atoms with Gasteiger partial charge in [-0.25, -0.2) is 0 Å². The number of hydrogen-bond donors (Lipinski definition) is 1. The van der Waals surface area contributed by atoms with Crippen molar-refractivity contribution >= 4 is 10.1 Å². The highest BCUT2D eigenvalue weighted by Crippen LogP contribution is 2.21. The fourth-order valence-electron chi connectivity index (χ4n) is 2.69. The molecule has 0 fully saturated rings. The summed E-state index contributed by atoms with van der Waals surface area (Å²) >= 11 is 0. The van der Waals surface area contributed by atoms with Crippen molar-refractivity contribution in [3.8, 4) is 5.75 Å². The van der Waals surface area contributed by atoms with E-state index in [0.29, 0.717) is 13.0 Å². The fourth-order valence-corrected chi connectivity index (χ4v) is 3.17. The van der Waals surface area contributed by atoms with Gasteiger partial charge in [-0.1, -0.05) is 45.6 Å². The van der Waals surface area contributed by atoms with Crippen LogP contribution in [-0.2, 0) is 23.0 Å². The zero-order valence-corrected chi connectivity index (χ0v) is 15.9. The molecule has 0 spiro atoms. The third-order valence-corrected chi connectivity index (χ3v) is 4.78. The monoisotopic (exact) mass is 356 g/mol. The summed E-state index contributed by atoms with van der Waals surface area (Å²) in [4.78, 5) is 0. The van der Waals surface area contributed by atoms with Crippen LogP contribution in [0.2, 0.25) is 0 Å². The number of ether oxygens (including phenoxy) is 1. The van der Waals surface area contributed by atoms with Gasteiger partial charge in [0.1, 0.15) is 5.75 Å². The summed E-state index contributed by atoms with van der Waals surface area (Å²) in [5.74, 6) is 0.554. The average molecular weight is 357 g/mol. The first-order valence-electron chi connectivity index (χ1n) is 9.15. The lowest BCUT2D eigenvalue weighted by atomic mass is 10.0. The van der Waals surface area contributed by atoms with Crippen LogP contribution in [0.15, 0.2) is 18.2 Å². The number of aryl methyl sites for hydroxylation is 2. The summed E-state index contributed by atoms with van der Waals surface area (Å²) in [7, 11) is -3.90. The van der Waals surface area contributed by atoms with Gasteiger partial charge in [0, 0.05) is 0 Å². The summed E-state index contributed by atoms with van der Waals surface area (Å²) in [5.41, 5.74) is 2.59. The minimum atomic E-state index is -3.90. The minimum absolute atomic E-state index is 0.257. The second-order valence-corrected chi connectivity index (χ2v) is 7.96. The van der Waals surface area contributed by atoms with E-state index in [2.05, 4.69) is 32.0 Å². The van der Waals surface area contributed by atoms with E-state index in [-0.39, 0.29) is 5.75 Å². The molecule has 0 aliphatic heterocycles. The van der Waals surface area contributed by atoms with Gasteiger partial charge in [0.2, 0.25) is 0 Å². The van der Waals surface area contributed by atoms with Crippen molar-refractivity contribution in [2.24, 2.45) is 0 Å². The number of benzene rings is 1. The van der Waals surface area contributed by atoms with Crippen molar-refractivity contribution in [3.63, 3.8) is 0 Å². The lowest BCUT2D eigenvalue weighted by Gasteiger charge is -2.11. The Balaban J connectivity index is 2.65. The standard InChI is InChI=1S/C19H32O4S/c1-3-5-7-10-17-14-18(11-8-6-4-2)16-19(15-17)23-12-9-13-24(20,21)22/h14-16H,3-13H2,1-2H3,(H,20,21,22). The van der Waals surface area contributed by atoms with Crippen molar-refractivity contribution in [3.05, 3.63) is 29.3 Å². The van der Waals surface area contributed by atoms with Crippen LogP contribution in [0.4, 0.5) is 0 Å². The molecule has 0 unspecified atom stereocenters. The molecule has 0 aromatic heterocycles. The van der Waals surface area contributed by atoms with Crippen LogP contribution in [0.1, 0.15) is 69.9 Å². The minimum Gasteiger partial charge on any atom is -0.494 e. The molecular weight excluding hydrogens is 324 g/mol. The van der Waals surface area contributed by atoms with Crippen LogP contribution < -0.4 is 4.74 Å². The van der Waals surface area contributed by atoms with E-state index in [1.807, 2.05) is 0 Å². The summed E-state index contributed by atoms with van der Waals surface area (Å²) < 4.78 is 36.0. The van der Waals surface area contributed by atoms with Crippen molar-refractivity contribution in [2.45, 2.75) is 71.6 Å². The van der Waals surface area contributed by atoms with Gasteiger partial charge in [-0.2, -0.15) is 8.42 Å². The maximum atomic E-state index is 10.7. The molecule has 0 saturated heterocycles. The molecule has 1 aromatic carbocycles. The molecule has 0 aliphatic rings. The van der Waals surface area contributed by atoms with Crippen LogP contribution in [0, 0.1) is 0 Å². The molecule has 0 radical (unpaired) electrons. The molecule has 0 amide bonds. The van der Waals surface area contributed by atoms with E-state index >= 15 is 0 Å². The maximum absolute atomic E-state index is 10.7. The van der Waals surface area contributed by atoms with E-state index in [1.165, 1.54) is 49.7 Å². The van der Waals surface area contributed by atoms with Gasteiger partial charge >= 0.3 is 0 Å². The van der Waals surface area contributed by atoms with Gasteiger partial charge in [-0.3, -0.25) is 4.55 Å². The Kier molecular flexibility index (Phi) is 10.0. The van der Waals surface area contributed by atoms with Gasteiger partial charge in [-0.05, 0) is 55.4 Å². The highest BCUT2D eigenvalue weighted by molar-refractivity contribution is 7.85. The Morgan fingerprint density at radius 1 is 0.875 bits per heavy atom. The van der Waals surface area contributed by atoms with E-state index in [0.717, 1.165) is 18.6 Å². The number of unbranched alkanes of at least 4 members (excludes halogenated alkanes) is 4. The Bertz CT molecular complexity index is 538. The maximum Gasteiger partial charge on any atom is 0.264 e. The zero-order valence-electron chi connectivity index (χ0n) is 15.1. The molecule has 1 rings (SSSR count). The van der Waals surface area contributed by atoms with Crippen LogP contribution in [0.5, 0.6) is 5.75 Å². The molecule has 138 valence electrons. The molecule has 0 saturated carbocycles. The Morgan fingerprint density at radius 2 is 1.42 bits per heavy atom. The predicted octanol–water partition coefficient (Wildman–Crippen LogP) is 4.81. The topological polar surface area (TPSA) is 63.6 Å². The third kappa shape index (κ3) is 9.93. The fraction of sp³-hybridized carbons (Fsp3) is 0.684. The highest BCUT2D eigenvalue weighted by Gasteiger charge is 2.06. The lowest BCUT2D eigenvalue weighted by Crippen LogP contribution is -2.08. The van der Waals surface area contributed by atoms with Crippen molar-refractivity contribution < 1.29 is 17.7 Å². The van der Waals surface area contributed by atoms with Crippen LogP contribution >= 0.6 is 0 Å². The molecule has 0 aliphatic carbocycles. The van der Waals surface area contributed by atoms with Crippen molar-refractivity contribution in [2.75, 3.05) is 12.4 Å². The molecule has 1 N–H and O–H groups in total. The quantitative estimate of drug-likeness (QED) is 0.407. The molecule has 0 bridgehead atoms. The zero-order chi connectivity index (χ0) is 17.8. The molecule has 0 atom stereocenters. The molecule has 1 aromatic rings. The second-order valence-electron chi connectivity index (χ2n) is 6.39.